The number of carbonyl (C=O) groups excluding carboxylic acids is 1. The number of hydrogen-bond acceptors (Lipinski definition) is 5. The maximum absolute atomic E-state index is 12.3. The Morgan fingerprint density at radius 1 is 1.27 bits per heavy atom. The van der Waals surface area contributed by atoms with E-state index in [0.717, 1.165) is 0 Å². The molecule has 0 saturated carbocycles. The van der Waals surface area contributed by atoms with Crippen LogP contribution in [0.15, 0.2) is 42.5 Å². The van der Waals surface area contributed by atoms with E-state index in [9.17, 15) is 4.79 Å². The molecule has 6 nitrogen and oxygen atoms in total. The molecule has 1 atom stereocenters. The molecule has 1 aliphatic rings. The second-order valence-corrected chi connectivity index (χ2v) is 4.81. The summed E-state index contributed by atoms with van der Waals surface area (Å²) in [6.45, 7) is 0.153. The van der Waals surface area contributed by atoms with Crippen LogP contribution in [0.1, 0.15) is 0 Å². The van der Waals surface area contributed by atoms with Gasteiger partial charge < -0.3 is 25.3 Å². The van der Waals surface area contributed by atoms with Crippen LogP contribution >= 0.6 is 0 Å². The van der Waals surface area contributed by atoms with Crippen LogP contribution in [-0.2, 0) is 4.79 Å². The highest BCUT2D eigenvalue weighted by molar-refractivity contribution is 5.96. The van der Waals surface area contributed by atoms with Gasteiger partial charge >= 0.3 is 0 Å². The summed E-state index contributed by atoms with van der Waals surface area (Å²) in [6, 6.07) is 12.2. The number of carbonyl (C=O) groups is 1. The van der Waals surface area contributed by atoms with E-state index in [2.05, 4.69) is 5.32 Å². The predicted octanol–water partition coefficient (Wildman–Crippen LogP) is 2.06. The molecule has 3 rings (SSSR count). The van der Waals surface area contributed by atoms with Gasteiger partial charge in [-0.2, -0.15) is 0 Å². The van der Waals surface area contributed by atoms with Crippen LogP contribution in [0.3, 0.4) is 0 Å². The number of ether oxygens (including phenoxy) is 3. The average molecular weight is 300 g/mol. The minimum absolute atomic E-state index is 0.153. The summed E-state index contributed by atoms with van der Waals surface area (Å²) >= 11 is 0. The Balaban J connectivity index is 1.73. The number of benzene rings is 2. The van der Waals surface area contributed by atoms with Crippen molar-refractivity contribution in [1.29, 1.82) is 0 Å². The molecule has 22 heavy (non-hydrogen) atoms. The zero-order valence-electron chi connectivity index (χ0n) is 12.0. The van der Waals surface area contributed by atoms with Crippen LogP contribution in [-0.4, -0.2) is 25.7 Å². The second-order valence-electron chi connectivity index (χ2n) is 4.81. The number of rotatable bonds is 3. The molecule has 2 aromatic carbocycles. The molecular weight excluding hydrogens is 284 g/mol. The lowest BCUT2D eigenvalue weighted by Gasteiger charge is -2.25. The van der Waals surface area contributed by atoms with Crippen molar-refractivity contribution in [3.05, 3.63) is 42.5 Å². The maximum Gasteiger partial charge on any atom is 0.269 e. The fourth-order valence-corrected chi connectivity index (χ4v) is 2.17. The Morgan fingerprint density at radius 2 is 2.05 bits per heavy atom. The second kappa shape index (κ2) is 5.85. The fraction of sp³-hybridized carbons (Fsp3) is 0.188. The molecular formula is C16H16N2O4. The Hall–Kier alpha value is -2.89. The van der Waals surface area contributed by atoms with Crippen LogP contribution in [0.5, 0.6) is 17.2 Å². The number of nitrogen functional groups attached to an aromatic ring is 1. The molecule has 3 N–H and O–H groups in total. The Bertz CT molecular complexity index is 702. The molecule has 1 amide bonds. The normalized spacial score (nSPS) is 16.0. The Morgan fingerprint density at radius 3 is 2.82 bits per heavy atom. The summed E-state index contributed by atoms with van der Waals surface area (Å²) in [5.41, 5.74) is 6.78. The summed E-state index contributed by atoms with van der Waals surface area (Å²) in [7, 11) is 1.51. The molecule has 0 fully saturated rings. The molecule has 0 saturated heterocycles. The van der Waals surface area contributed by atoms with E-state index in [4.69, 9.17) is 19.9 Å². The number of fused-ring (bicyclic) bond motifs is 1. The van der Waals surface area contributed by atoms with Crippen molar-refractivity contribution < 1.29 is 19.0 Å². The SMILES string of the molecule is COc1cc(N)ccc1NC(=O)C1COc2ccccc2O1. The summed E-state index contributed by atoms with van der Waals surface area (Å²) < 4.78 is 16.4. The van der Waals surface area contributed by atoms with Crippen molar-refractivity contribution >= 4 is 17.3 Å². The summed E-state index contributed by atoms with van der Waals surface area (Å²) in [5.74, 6) is 1.37. The van der Waals surface area contributed by atoms with Gasteiger partial charge in [-0.3, -0.25) is 4.79 Å². The number of anilines is 2. The lowest BCUT2D eigenvalue weighted by molar-refractivity contribution is -0.125. The molecule has 114 valence electrons. The van der Waals surface area contributed by atoms with Gasteiger partial charge in [0.25, 0.3) is 5.91 Å². The van der Waals surface area contributed by atoms with Gasteiger partial charge in [-0.15, -0.1) is 0 Å². The van der Waals surface area contributed by atoms with Gasteiger partial charge in [0.2, 0.25) is 6.10 Å². The number of amides is 1. The summed E-state index contributed by atoms with van der Waals surface area (Å²) in [5, 5.41) is 2.76. The predicted molar refractivity (Wildman–Crippen MR) is 82.4 cm³/mol. The van der Waals surface area contributed by atoms with Crippen LogP contribution in [0.4, 0.5) is 11.4 Å². The Kier molecular flexibility index (Phi) is 3.74. The summed E-state index contributed by atoms with van der Waals surface area (Å²) in [6.07, 6.45) is -0.725. The molecule has 0 aliphatic carbocycles. The van der Waals surface area contributed by atoms with Crippen molar-refractivity contribution in [2.24, 2.45) is 0 Å². The maximum atomic E-state index is 12.3. The van der Waals surface area contributed by atoms with Gasteiger partial charge in [-0.05, 0) is 24.3 Å². The van der Waals surface area contributed by atoms with E-state index in [1.165, 1.54) is 7.11 Å². The van der Waals surface area contributed by atoms with Gasteiger partial charge in [0, 0.05) is 11.8 Å². The molecule has 6 heteroatoms. The topological polar surface area (TPSA) is 82.8 Å². The van der Waals surface area contributed by atoms with Gasteiger partial charge in [-0.25, -0.2) is 0 Å². The first-order chi connectivity index (χ1) is 10.7. The van der Waals surface area contributed by atoms with Crippen LogP contribution in [0.25, 0.3) is 0 Å². The van der Waals surface area contributed by atoms with E-state index < -0.39 is 6.10 Å². The van der Waals surface area contributed by atoms with E-state index in [0.29, 0.717) is 28.6 Å². The molecule has 0 aromatic heterocycles. The van der Waals surface area contributed by atoms with Gasteiger partial charge in [0.1, 0.15) is 12.4 Å². The highest BCUT2D eigenvalue weighted by Crippen LogP contribution is 2.32. The summed E-state index contributed by atoms with van der Waals surface area (Å²) in [4.78, 5) is 12.3. The molecule has 1 heterocycles. The minimum Gasteiger partial charge on any atom is -0.494 e. The molecule has 2 aromatic rings. The number of hydrogen-bond donors (Lipinski definition) is 2. The van der Waals surface area contributed by atoms with Crippen molar-refractivity contribution in [3.63, 3.8) is 0 Å². The van der Waals surface area contributed by atoms with Crippen LogP contribution in [0, 0.1) is 0 Å². The lowest BCUT2D eigenvalue weighted by atomic mass is 10.2. The molecule has 0 radical (unpaired) electrons. The standard InChI is InChI=1S/C16H16N2O4/c1-20-14-8-10(17)6-7-11(14)18-16(19)15-9-21-12-4-2-3-5-13(12)22-15/h2-8,15H,9,17H2,1H3,(H,18,19). The number of para-hydroxylation sites is 2. The first kappa shape index (κ1) is 14.1. The number of nitrogens with two attached hydrogens (primary N) is 1. The van der Waals surface area contributed by atoms with Gasteiger partial charge in [0.15, 0.2) is 11.5 Å². The quantitative estimate of drug-likeness (QED) is 0.848. The highest BCUT2D eigenvalue weighted by Gasteiger charge is 2.27. The van der Waals surface area contributed by atoms with Gasteiger partial charge in [0.05, 0.1) is 12.8 Å². The van der Waals surface area contributed by atoms with E-state index in [-0.39, 0.29) is 12.5 Å². The third kappa shape index (κ3) is 2.76. The third-order valence-electron chi connectivity index (χ3n) is 3.28. The van der Waals surface area contributed by atoms with E-state index in [1.54, 1.807) is 30.3 Å². The number of methoxy groups -OCH3 is 1. The highest BCUT2D eigenvalue weighted by atomic mass is 16.6. The number of nitrogens with one attached hydrogen (secondary N) is 1. The lowest BCUT2D eigenvalue weighted by Crippen LogP contribution is -2.40. The third-order valence-corrected chi connectivity index (χ3v) is 3.28. The fourth-order valence-electron chi connectivity index (χ4n) is 2.17. The van der Waals surface area contributed by atoms with Crippen molar-refractivity contribution in [2.75, 3.05) is 24.8 Å². The van der Waals surface area contributed by atoms with Gasteiger partial charge in [-0.1, -0.05) is 12.1 Å². The monoisotopic (exact) mass is 300 g/mol. The largest absolute Gasteiger partial charge is 0.494 e. The minimum atomic E-state index is -0.725. The van der Waals surface area contributed by atoms with E-state index in [1.807, 2.05) is 12.1 Å². The molecule has 0 bridgehead atoms. The van der Waals surface area contributed by atoms with Crippen LogP contribution < -0.4 is 25.3 Å². The smallest absolute Gasteiger partial charge is 0.269 e. The van der Waals surface area contributed by atoms with Crippen molar-refractivity contribution in [3.8, 4) is 17.2 Å². The zero-order valence-corrected chi connectivity index (χ0v) is 12.0. The Labute approximate surface area is 127 Å². The molecule has 1 aliphatic heterocycles. The molecule has 1 unspecified atom stereocenters. The van der Waals surface area contributed by atoms with E-state index >= 15 is 0 Å². The first-order valence-electron chi connectivity index (χ1n) is 6.80. The van der Waals surface area contributed by atoms with Crippen molar-refractivity contribution in [1.82, 2.24) is 0 Å². The molecule has 0 spiro atoms. The zero-order chi connectivity index (χ0) is 15.5. The first-order valence-corrected chi connectivity index (χ1v) is 6.80. The van der Waals surface area contributed by atoms with Crippen LogP contribution in [0.2, 0.25) is 0 Å². The van der Waals surface area contributed by atoms with Crippen molar-refractivity contribution in [2.45, 2.75) is 6.10 Å². The average Bonchev–Trinajstić information content (AvgIpc) is 2.55.